The van der Waals surface area contributed by atoms with Gasteiger partial charge in [-0.3, -0.25) is 9.69 Å². The van der Waals surface area contributed by atoms with Crippen LogP contribution < -0.4 is 5.32 Å². The van der Waals surface area contributed by atoms with Gasteiger partial charge in [0.2, 0.25) is 0 Å². The van der Waals surface area contributed by atoms with E-state index in [2.05, 4.69) is 10.2 Å². The van der Waals surface area contributed by atoms with Gasteiger partial charge in [0.15, 0.2) is 9.84 Å². The number of benzene rings is 2. The maximum atomic E-state index is 14.6. The van der Waals surface area contributed by atoms with Crippen LogP contribution in [0.3, 0.4) is 0 Å². The van der Waals surface area contributed by atoms with Gasteiger partial charge in [-0.1, -0.05) is 23.7 Å². The number of carbonyl (C=O) groups excluding carboxylic acids is 1. The van der Waals surface area contributed by atoms with Crippen LogP contribution in [0.25, 0.3) is 0 Å². The Balaban J connectivity index is 1.86. The predicted octanol–water partition coefficient (Wildman–Crippen LogP) is 3.76. The summed E-state index contributed by atoms with van der Waals surface area (Å²) in [6, 6.07) is 8.64. The molecule has 3 rings (SSSR count). The van der Waals surface area contributed by atoms with Gasteiger partial charge in [0.25, 0.3) is 5.91 Å². The third kappa shape index (κ3) is 4.97. The van der Waals surface area contributed by atoms with Crippen molar-refractivity contribution in [1.29, 1.82) is 0 Å². The van der Waals surface area contributed by atoms with Crippen LogP contribution in [0.5, 0.6) is 0 Å². The van der Waals surface area contributed by atoms with Crippen LogP contribution in [0.1, 0.15) is 40.4 Å². The van der Waals surface area contributed by atoms with Gasteiger partial charge < -0.3 is 5.32 Å². The van der Waals surface area contributed by atoms with Gasteiger partial charge in [-0.15, -0.1) is 0 Å². The average Bonchev–Trinajstić information content (AvgIpc) is 3.17. The third-order valence-corrected chi connectivity index (χ3v) is 6.69. The molecule has 1 aliphatic heterocycles. The number of hydrogen-bond donors (Lipinski definition) is 1. The van der Waals surface area contributed by atoms with E-state index in [9.17, 15) is 17.6 Å². The van der Waals surface area contributed by atoms with Crippen molar-refractivity contribution >= 4 is 27.3 Å². The molecule has 1 saturated heterocycles. The van der Waals surface area contributed by atoms with Crippen molar-refractivity contribution in [2.24, 2.45) is 0 Å². The molecular weight excluding hydrogens is 415 g/mol. The summed E-state index contributed by atoms with van der Waals surface area (Å²) in [4.78, 5) is 15.0. The van der Waals surface area contributed by atoms with Gasteiger partial charge >= 0.3 is 0 Å². The molecule has 8 heteroatoms. The summed E-state index contributed by atoms with van der Waals surface area (Å²) >= 11 is 6.29. The van der Waals surface area contributed by atoms with Gasteiger partial charge in [-0.2, -0.15) is 0 Å². The standard InChI is InChI=1S/C21H24ClFN2O3S/c1-14-8-9-15(29(2,27)28)12-16(14)21(26)24-13-19(25-10-3-4-11-25)20-17(22)6-5-7-18(20)23/h5-9,12,19H,3-4,10-11,13H2,1-2H3,(H,24,26). The van der Waals surface area contributed by atoms with Crippen LogP contribution in [0.15, 0.2) is 41.3 Å². The highest BCUT2D eigenvalue weighted by molar-refractivity contribution is 7.90. The summed E-state index contributed by atoms with van der Waals surface area (Å²) in [6.07, 6.45) is 3.11. The van der Waals surface area contributed by atoms with E-state index in [1.54, 1.807) is 25.1 Å². The SMILES string of the molecule is Cc1ccc(S(C)(=O)=O)cc1C(=O)NCC(c1c(F)cccc1Cl)N1CCCC1. The Kier molecular flexibility index (Phi) is 6.61. The molecule has 1 amide bonds. The van der Waals surface area contributed by atoms with Crippen molar-refractivity contribution in [3.05, 3.63) is 63.9 Å². The van der Waals surface area contributed by atoms with Gasteiger partial charge in [0.1, 0.15) is 5.82 Å². The molecule has 156 valence electrons. The van der Waals surface area contributed by atoms with Crippen molar-refractivity contribution in [1.82, 2.24) is 10.2 Å². The van der Waals surface area contributed by atoms with E-state index >= 15 is 0 Å². The zero-order valence-corrected chi connectivity index (χ0v) is 18.0. The first-order valence-corrected chi connectivity index (χ1v) is 11.7. The number of hydrogen-bond acceptors (Lipinski definition) is 4. The summed E-state index contributed by atoms with van der Waals surface area (Å²) in [5.74, 6) is -0.802. The topological polar surface area (TPSA) is 66.5 Å². The van der Waals surface area contributed by atoms with Crippen LogP contribution in [-0.4, -0.2) is 45.1 Å². The molecule has 1 atom stereocenters. The molecule has 29 heavy (non-hydrogen) atoms. The number of nitrogens with one attached hydrogen (secondary N) is 1. The largest absolute Gasteiger partial charge is 0.350 e. The summed E-state index contributed by atoms with van der Waals surface area (Å²) in [6.45, 7) is 3.51. The molecule has 1 fully saturated rings. The van der Waals surface area contributed by atoms with Crippen LogP contribution >= 0.6 is 11.6 Å². The number of rotatable bonds is 6. The number of carbonyl (C=O) groups is 1. The zero-order chi connectivity index (χ0) is 21.2. The molecule has 0 bridgehead atoms. The first-order valence-electron chi connectivity index (χ1n) is 9.45. The highest BCUT2D eigenvalue weighted by atomic mass is 35.5. The lowest BCUT2D eigenvalue weighted by Gasteiger charge is -2.29. The minimum Gasteiger partial charge on any atom is -0.350 e. The zero-order valence-electron chi connectivity index (χ0n) is 16.4. The molecule has 0 radical (unpaired) electrons. The molecule has 2 aromatic rings. The van der Waals surface area contributed by atoms with Crippen molar-refractivity contribution in [3.8, 4) is 0 Å². The van der Waals surface area contributed by atoms with Crippen LogP contribution in [0.2, 0.25) is 5.02 Å². The van der Waals surface area contributed by atoms with Crippen molar-refractivity contribution in [2.75, 3.05) is 25.9 Å². The molecule has 1 N–H and O–H groups in total. The van der Waals surface area contributed by atoms with Crippen LogP contribution in [-0.2, 0) is 9.84 Å². The Labute approximate surface area is 175 Å². The predicted molar refractivity (Wildman–Crippen MR) is 112 cm³/mol. The summed E-state index contributed by atoms with van der Waals surface area (Å²) in [5, 5.41) is 3.17. The number of aryl methyl sites for hydroxylation is 1. The van der Waals surface area contributed by atoms with E-state index in [4.69, 9.17) is 11.6 Å². The first kappa shape index (κ1) is 21.7. The summed E-state index contributed by atoms with van der Waals surface area (Å²) in [7, 11) is -3.43. The normalized spacial score (nSPS) is 16.0. The van der Waals surface area contributed by atoms with Crippen molar-refractivity contribution < 1.29 is 17.6 Å². The molecule has 0 saturated carbocycles. The minimum atomic E-state index is -3.43. The Morgan fingerprint density at radius 2 is 1.93 bits per heavy atom. The molecule has 1 aliphatic rings. The van der Waals surface area contributed by atoms with E-state index in [0.29, 0.717) is 16.1 Å². The molecule has 5 nitrogen and oxygen atoms in total. The Bertz CT molecular complexity index is 1000. The van der Waals surface area contributed by atoms with Crippen LogP contribution in [0.4, 0.5) is 4.39 Å². The fourth-order valence-corrected chi connectivity index (χ4v) is 4.59. The Hall–Kier alpha value is -1.96. The van der Waals surface area contributed by atoms with E-state index in [1.807, 2.05) is 0 Å². The van der Waals surface area contributed by atoms with E-state index < -0.39 is 27.6 Å². The fraction of sp³-hybridized carbons (Fsp3) is 0.381. The van der Waals surface area contributed by atoms with Crippen LogP contribution in [0, 0.1) is 12.7 Å². The summed E-state index contributed by atoms with van der Waals surface area (Å²) < 4.78 is 38.2. The number of sulfone groups is 1. The molecule has 1 unspecified atom stereocenters. The lowest BCUT2D eigenvalue weighted by Crippen LogP contribution is -2.37. The molecule has 0 aromatic heterocycles. The lowest BCUT2D eigenvalue weighted by atomic mass is 10.0. The second-order valence-electron chi connectivity index (χ2n) is 7.35. The van der Waals surface area contributed by atoms with Gasteiger partial charge in [-0.25, -0.2) is 12.8 Å². The fourth-order valence-electron chi connectivity index (χ4n) is 3.66. The molecular formula is C21H24ClFN2O3S. The highest BCUT2D eigenvalue weighted by Gasteiger charge is 2.28. The molecule has 0 spiro atoms. The van der Waals surface area contributed by atoms with Gasteiger partial charge in [0, 0.05) is 29.0 Å². The maximum absolute atomic E-state index is 14.6. The molecule has 2 aromatic carbocycles. The van der Waals surface area contributed by atoms with Gasteiger partial charge in [0.05, 0.1) is 10.9 Å². The van der Waals surface area contributed by atoms with E-state index in [-0.39, 0.29) is 17.0 Å². The number of likely N-dealkylation sites (tertiary alicyclic amines) is 1. The maximum Gasteiger partial charge on any atom is 0.251 e. The minimum absolute atomic E-state index is 0.0847. The molecule has 1 heterocycles. The average molecular weight is 439 g/mol. The highest BCUT2D eigenvalue weighted by Crippen LogP contribution is 2.32. The number of nitrogens with zero attached hydrogens (tertiary/aromatic N) is 1. The second kappa shape index (κ2) is 8.81. The second-order valence-corrected chi connectivity index (χ2v) is 9.78. The monoisotopic (exact) mass is 438 g/mol. The first-order chi connectivity index (χ1) is 13.7. The number of halogens is 2. The van der Waals surface area contributed by atoms with Gasteiger partial charge in [-0.05, 0) is 62.7 Å². The smallest absolute Gasteiger partial charge is 0.251 e. The Morgan fingerprint density at radius 1 is 1.24 bits per heavy atom. The third-order valence-electron chi connectivity index (χ3n) is 5.25. The lowest BCUT2D eigenvalue weighted by molar-refractivity contribution is 0.0936. The Morgan fingerprint density at radius 3 is 2.55 bits per heavy atom. The molecule has 0 aliphatic carbocycles. The van der Waals surface area contributed by atoms with E-state index in [0.717, 1.165) is 32.2 Å². The number of amides is 1. The van der Waals surface area contributed by atoms with Crippen molar-refractivity contribution in [3.63, 3.8) is 0 Å². The summed E-state index contributed by atoms with van der Waals surface area (Å²) in [5.41, 5.74) is 1.32. The quantitative estimate of drug-likeness (QED) is 0.745. The van der Waals surface area contributed by atoms with Crippen molar-refractivity contribution in [2.45, 2.75) is 30.7 Å². The van der Waals surface area contributed by atoms with E-state index in [1.165, 1.54) is 18.2 Å².